The van der Waals surface area contributed by atoms with Crippen molar-refractivity contribution in [1.82, 2.24) is 0 Å². The Balaban J connectivity index is 3.11. The van der Waals surface area contributed by atoms with Gasteiger partial charge in [0.2, 0.25) is 0 Å². The molecule has 29 heavy (non-hydrogen) atoms. The van der Waals surface area contributed by atoms with Crippen molar-refractivity contribution in [1.29, 1.82) is 0 Å². The molecule has 0 N–H and O–H groups in total. The van der Waals surface area contributed by atoms with Crippen molar-refractivity contribution in [3.63, 3.8) is 0 Å². The molecule has 0 spiro atoms. The first-order valence-corrected chi connectivity index (χ1v) is 14.2. The van der Waals surface area contributed by atoms with Crippen LogP contribution >= 0.6 is 0 Å². The molecule has 0 saturated heterocycles. The summed E-state index contributed by atoms with van der Waals surface area (Å²) in [5.74, 6) is 1.85. The lowest BCUT2D eigenvalue weighted by Crippen LogP contribution is -1.95. The van der Waals surface area contributed by atoms with Gasteiger partial charge in [-0.3, -0.25) is 0 Å². The molecule has 0 aromatic rings. The molecule has 0 fully saturated rings. The van der Waals surface area contributed by atoms with Crippen LogP contribution in [0.15, 0.2) is 0 Å². The van der Waals surface area contributed by atoms with Gasteiger partial charge in [-0.05, 0) is 11.8 Å². The standard InChI is InChI=1S/C29H60/c1-5-6-7-8-9-10-11-12-13-14-15-16-17-18-19-20-23-26-29(4)27-24-21-22-25-28(2)3/h28-29H,5-27H2,1-4H3. The summed E-state index contributed by atoms with van der Waals surface area (Å²) < 4.78 is 0. The van der Waals surface area contributed by atoms with E-state index in [1.165, 1.54) is 148 Å². The Kier molecular flexibility index (Phi) is 24.3. The van der Waals surface area contributed by atoms with E-state index in [1.807, 2.05) is 0 Å². The zero-order valence-corrected chi connectivity index (χ0v) is 21.4. The molecule has 0 aliphatic heterocycles. The normalized spacial score (nSPS) is 12.7. The van der Waals surface area contributed by atoms with Crippen LogP contribution in [0, 0.1) is 11.8 Å². The maximum absolute atomic E-state index is 2.48. The fraction of sp³-hybridized carbons (Fsp3) is 1.00. The highest BCUT2D eigenvalue weighted by atomic mass is 14.1. The fourth-order valence-corrected chi connectivity index (χ4v) is 4.58. The zero-order chi connectivity index (χ0) is 21.4. The molecular formula is C29H60. The quantitative estimate of drug-likeness (QED) is 0.139. The number of rotatable bonds is 24. The van der Waals surface area contributed by atoms with E-state index in [0.29, 0.717) is 0 Å². The molecule has 0 aliphatic carbocycles. The van der Waals surface area contributed by atoms with Gasteiger partial charge < -0.3 is 0 Å². The number of unbranched alkanes of at least 4 members (excludes halogenated alkanes) is 18. The van der Waals surface area contributed by atoms with Gasteiger partial charge in [-0.1, -0.05) is 175 Å². The lowest BCUT2D eigenvalue weighted by molar-refractivity contribution is 0.425. The highest BCUT2D eigenvalue weighted by Gasteiger charge is 2.02. The summed E-state index contributed by atoms with van der Waals surface area (Å²) in [5, 5.41) is 0. The Morgan fingerprint density at radius 1 is 0.345 bits per heavy atom. The van der Waals surface area contributed by atoms with Gasteiger partial charge in [-0.25, -0.2) is 0 Å². The van der Waals surface area contributed by atoms with E-state index in [9.17, 15) is 0 Å². The van der Waals surface area contributed by atoms with Crippen LogP contribution in [0.3, 0.4) is 0 Å². The predicted octanol–water partition coefficient (Wildman–Crippen LogP) is 11.3. The Labute approximate surface area is 187 Å². The van der Waals surface area contributed by atoms with E-state index in [4.69, 9.17) is 0 Å². The summed E-state index contributed by atoms with van der Waals surface area (Å²) >= 11 is 0. The molecule has 0 heterocycles. The van der Waals surface area contributed by atoms with Gasteiger partial charge in [-0.2, -0.15) is 0 Å². The van der Waals surface area contributed by atoms with Gasteiger partial charge >= 0.3 is 0 Å². The summed E-state index contributed by atoms with van der Waals surface area (Å²) in [6.07, 6.45) is 33.8. The van der Waals surface area contributed by atoms with Gasteiger partial charge in [0, 0.05) is 0 Å². The third kappa shape index (κ3) is 26.0. The minimum Gasteiger partial charge on any atom is -0.0654 e. The lowest BCUT2D eigenvalue weighted by atomic mass is 9.95. The van der Waals surface area contributed by atoms with Gasteiger partial charge in [0.15, 0.2) is 0 Å². The molecule has 176 valence electrons. The van der Waals surface area contributed by atoms with Crippen molar-refractivity contribution in [3.8, 4) is 0 Å². The summed E-state index contributed by atoms with van der Waals surface area (Å²) in [7, 11) is 0. The summed E-state index contributed by atoms with van der Waals surface area (Å²) in [4.78, 5) is 0. The van der Waals surface area contributed by atoms with Crippen LogP contribution in [0.2, 0.25) is 0 Å². The Hall–Kier alpha value is 0. The van der Waals surface area contributed by atoms with Gasteiger partial charge in [0.1, 0.15) is 0 Å². The minimum absolute atomic E-state index is 0.891. The molecule has 0 aliphatic rings. The molecule has 1 atom stereocenters. The SMILES string of the molecule is CCCCCCCCCCCCCCCCCCCC(C)CCCCCC(C)C. The molecule has 0 radical (unpaired) electrons. The summed E-state index contributed by atoms with van der Waals surface area (Å²) in [6.45, 7) is 9.48. The molecule has 0 rings (SSSR count). The molecule has 0 amide bonds. The van der Waals surface area contributed by atoms with Crippen molar-refractivity contribution in [2.75, 3.05) is 0 Å². The topological polar surface area (TPSA) is 0 Å². The molecule has 0 nitrogen and oxygen atoms in total. The largest absolute Gasteiger partial charge is 0.0654 e. The van der Waals surface area contributed by atoms with E-state index in [2.05, 4.69) is 27.7 Å². The van der Waals surface area contributed by atoms with Crippen molar-refractivity contribution in [3.05, 3.63) is 0 Å². The first-order valence-electron chi connectivity index (χ1n) is 14.2. The van der Waals surface area contributed by atoms with Crippen molar-refractivity contribution in [2.24, 2.45) is 11.8 Å². The van der Waals surface area contributed by atoms with Crippen molar-refractivity contribution < 1.29 is 0 Å². The molecule has 0 aromatic heterocycles. The third-order valence-corrected chi connectivity index (χ3v) is 6.78. The van der Waals surface area contributed by atoms with E-state index in [-0.39, 0.29) is 0 Å². The van der Waals surface area contributed by atoms with E-state index in [0.717, 1.165) is 11.8 Å². The maximum atomic E-state index is 2.48. The van der Waals surface area contributed by atoms with E-state index >= 15 is 0 Å². The second kappa shape index (κ2) is 24.3. The first-order chi connectivity index (χ1) is 14.2. The summed E-state index contributed by atoms with van der Waals surface area (Å²) in [6, 6.07) is 0. The fourth-order valence-electron chi connectivity index (χ4n) is 4.58. The van der Waals surface area contributed by atoms with Crippen LogP contribution in [0.4, 0.5) is 0 Å². The molecule has 1 unspecified atom stereocenters. The molecular weight excluding hydrogens is 348 g/mol. The Morgan fingerprint density at radius 3 is 0.966 bits per heavy atom. The summed E-state index contributed by atoms with van der Waals surface area (Å²) in [5.41, 5.74) is 0. The second-order valence-corrected chi connectivity index (χ2v) is 10.6. The monoisotopic (exact) mass is 408 g/mol. The van der Waals surface area contributed by atoms with Crippen LogP contribution < -0.4 is 0 Å². The maximum Gasteiger partial charge on any atom is -0.0443 e. The Morgan fingerprint density at radius 2 is 0.621 bits per heavy atom. The molecule has 0 aromatic carbocycles. The molecule has 0 saturated carbocycles. The second-order valence-electron chi connectivity index (χ2n) is 10.6. The lowest BCUT2D eigenvalue weighted by Gasteiger charge is -2.11. The van der Waals surface area contributed by atoms with Crippen molar-refractivity contribution >= 4 is 0 Å². The van der Waals surface area contributed by atoms with Gasteiger partial charge in [-0.15, -0.1) is 0 Å². The van der Waals surface area contributed by atoms with E-state index < -0.39 is 0 Å². The van der Waals surface area contributed by atoms with Crippen LogP contribution in [-0.4, -0.2) is 0 Å². The minimum atomic E-state index is 0.891. The highest BCUT2D eigenvalue weighted by molar-refractivity contribution is 4.56. The van der Waals surface area contributed by atoms with Crippen LogP contribution in [0.1, 0.15) is 175 Å². The average Bonchev–Trinajstić information content (AvgIpc) is 2.69. The Bertz CT molecular complexity index is 280. The highest BCUT2D eigenvalue weighted by Crippen LogP contribution is 2.19. The van der Waals surface area contributed by atoms with Crippen LogP contribution in [-0.2, 0) is 0 Å². The first kappa shape index (κ1) is 29.0. The van der Waals surface area contributed by atoms with Crippen molar-refractivity contribution in [2.45, 2.75) is 175 Å². The van der Waals surface area contributed by atoms with Gasteiger partial charge in [0.25, 0.3) is 0 Å². The molecule has 0 heteroatoms. The van der Waals surface area contributed by atoms with E-state index in [1.54, 1.807) is 0 Å². The number of hydrogen-bond donors (Lipinski definition) is 0. The van der Waals surface area contributed by atoms with Crippen LogP contribution in [0.5, 0.6) is 0 Å². The third-order valence-electron chi connectivity index (χ3n) is 6.78. The smallest absolute Gasteiger partial charge is 0.0443 e. The van der Waals surface area contributed by atoms with Crippen LogP contribution in [0.25, 0.3) is 0 Å². The zero-order valence-electron chi connectivity index (χ0n) is 21.4. The predicted molar refractivity (Wildman–Crippen MR) is 136 cm³/mol. The van der Waals surface area contributed by atoms with Gasteiger partial charge in [0.05, 0.1) is 0 Å². The average molecular weight is 409 g/mol. The number of hydrogen-bond acceptors (Lipinski definition) is 0. The molecule has 0 bridgehead atoms.